The standard InChI is InChI=1S/C16H21F/c1-2-13-3-5-14(6-4-13)7-8-15-9-11-16(17)12-10-15/h5,9-13H,2-4,6-8H2,1H3. The molecule has 0 radical (unpaired) electrons. The number of hydrogen-bond acceptors (Lipinski definition) is 0. The molecule has 0 nitrogen and oxygen atoms in total. The fourth-order valence-corrected chi connectivity index (χ4v) is 2.50. The highest BCUT2D eigenvalue weighted by atomic mass is 19.1. The van der Waals surface area contributed by atoms with E-state index in [0.717, 1.165) is 18.8 Å². The zero-order valence-corrected chi connectivity index (χ0v) is 10.6. The molecule has 0 aliphatic heterocycles. The van der Waals surface area contributed by atoms with Crippen molar-refractivity contribution >= 4 is 0 Å². The van der Waals surface area contributed by atoms with Crippen molar-refractivity contribution in [3.8, 4) is 0 Å². The molecule has 0 heterocycles. The zero-order valence-electron chi connectivity index (χ0n) is 10.6. The summed E-state index contributed by atoms with van der Waals surface area (Å²) in [6.45, 7) is 2.28. The Morgan fingerprint density at radius 2 is 1.94 bits per heavy atom. The highest BCUT2D eigenvalue weighted by molar-refractivity contribution is 5.18. The Kier molecular flexibility index (Phi) is 4.36. The molecule has 0 bridgehead atoms. The molecular formula is C16H21F. The molecule has 0 saturated carbocycles. The first-order valence-electron chi connectivity index (χ1n) is 6.70. The maximum atomic E-state index is 12.8. The maximum Gasteiger partial charge on any atom is 0.123 e. The van der Waals surface area contributed by atoms with E-state index < -0.39 is 0 Å². The molecule has 0 spiro atoms. The molecule has 0 N–H and O–H groups in total. The number of halogens is 1. The highest BCUT2D eigenvalue weighted by Crippen LogP contribution is 2.28. The van der Waals surface area contributed by atoms with Crippen LogP contribution in [0.3, 0.4) is 0 Å². The lowest BCUT2D eigenvalue weighted by Gasteiger charge is -2.20. The number of hydrogen-bond donors (Lipinski definition) is 0. The fraction of sp³-hybridized carbons (Fsp3) is 0.500. The predicted octanol–water partition coefficient (Wildman–Crippen LogP) is 4.89. The van der Waals surface area contributed by atoms with Gasteiger partial charge in [0.1, 0.15) is 5.82 Å². The lowest BCUT2D eigenvalue weighted by Crippen LogP contribution is -2.05. The number of benzene rings is 1. The second-order valence-corrected chi connectivity index (χ2v) is 5.04. The maximum absolute atomic E-state index is 12.8. The minimum Gasteiger partial charge on any atom is -0.207 e. The van der Waals surface area contributed by atoms with Gasteiger partial charge in [0, 0.05) is 0 Å². The quantitative estimate of drug-likeness (QED) is 0.648. The molecule has 0 amide bonds. The lowest BCUT2D eigenvalue weighted by atomic mass is 9.86. The van der Waals surface area contributed by atoms with Crippen LogP contribution >= 0.6 is 0 Å². The molecule has 92 valence electrons. The van der Waals surface area contributed by atoms with Crippen molar-refractivity contribution in [1.82, 2.24) is 0 Å². The summed E-state index contributed by atoms with van der Waals surface area (Å²) in [6, 6.07) is 6.90. The van der Waals surface area contributed by atoms with Gasteiger partial charge in [0.15, 0.2) is 0 Å². The third kappa shape index (κ3) is 3.69. The third-order valence-electron chi connectivity index (χ3n) is 3.84. The van der Waals surface area contributed by atoms with E-state index in [4.69, 9.17) is 0 Å². The highest BCUT2D eigenvalue weighted by Gasteiger charge is 2.12. The zero-order chi connectivity index (χ0) is 12.1. The number of allylic oxidation sites excluding steroid dienone is 2. The van der Waals surface area contributed by atoms with E-state index in [9.17, 15) is 4.39 Å². The van der Waals surface area contributed by atoms with Gasteiger partial charge in [0.25, 0.3) is 0 Å². The van der Waals surface area contributed by atoms with Gasteiger partial charge in [-0.25, -0.2) is 4.39 Å². The van der Waals surface area contributed by atoms with Crippen molar-refractivity contribution in [2.75, 3.05) is 0 Å². The molecule has 1 heteroatoms. The van der Waals surface area contributed by atoms with Crippen molar-refractivity contribution in [3.05, 3.63) is 47.3 Å². The van der Waals surface area contributed by atoms with Crippen LogP contribution in [0.5, 0.6) is 0 Å². The van der Waals surface area contributed by atoms with Gasteiger partial charge in [-0.2, -0.15) is 0 Å². The summed E-state index contributed by atoms with van der Waals surface area (Å²) in [5.41, 5.74) is 2.84. The summed E-state index contributed by atoms with van der Waals surface area (Å²) >= 11 is 0. The smallest absolute Gasteiger partial charge is 0.123 e. The first kappa shape index (κ1) is 12.3. The van der Waals surface area contributed by atoms with E-state index >= 15 is 0 Å². The Balaban J connectivity index is 1.83. The lowest BCUT2D eigenvalue weighted by molar-refractivity contribution is 0.450. The predicted molar refractivity (Wildman–Crippen MR) is 70.4 cm³/mol. The van der Waals surface area contributed by atoms with E-state index in [0.29, 0.717) is 0 Å². The summed E-state index contributed by atoms with van der Waals surface area (Å²) < 4.78 is 12.8. The molecule has 1 aromatic carbocycles. The summed E-state index contributed by atoms with van der Waals surface area (Å²) in [5.74, 6) is 0.765. The molecule has 1 atom stereocenters. The van der Waals surface area contributed by atoms with Crippen LogP contribution in [0.4, 0.5) is 4.39 Å². The first-order chi connectivity index (χ1) is 8.28. The van der Waals surface area contributed by atoms with Crippen LogP contribution in [-0.2, 0) is 6.42 Å². The van der Waals surface area contributed by atoms with Crippen LogP contribution < -0.4 is 0 Å². The Morgan fingerprint density at radius 3 is 2.53 bits per heavy atom. The molecule has 0 saturated heterocycles. The Morgan fingerprint density at radius 1 is 1.18 bits per heavy atom. The van der Waals surface area contributed by atoms with Crippen molar-refractivity contribution in [2.45, 2.75) is 45.4 Å². The largest absolute Gasteiger partial charge is 0.207 e. The average Bonchev–Trinajstić information content (AvgIpc) is 2.39. The van der Waals surface area contributed by atoms with Gasteiger partial charge in [-0.15, -0.1) is 0 Å². The summed E-state index contributed by atoms with van der Waals surface area (Å²) in [7, 11) is 0. The minimum absolute atomic E-state index is 0.142. The molecule has 2 rings (SSSR count). The van der Waals surface area contributed by atoms with E-state index in [1.54, 1.807) is 17.7 Å². The van der Waals surface area contributed by atoms with E-state index in [2.05, 4.69) is 13.0 Å². The van der Waals surface area contributed by atoms with Crippen molar-refractivity contribution in [2.24, 2.45) is 5.92 Å². The monoisotopic (exact) mass is 232 g/mol. The topological polar surface area (TPSA) is 0 Å². The molecule has 1 unspecified atom stereocenters. The summed E-state index contributed by atoms with van der Waals surface area (Å²) in [4.78, 5) is 0. The van der Waals surface area contributed by atoms with E-state index in [-0.39, 0.29) is 5.82 Å². The SMILES string of the molecule is CCC1CC=C(CCc2ccc(F)cc2)CC1. The molecule has 1 aliphatic carbocycles. The third-order valence-corrected chi connectivity index (χ3v) is 3.84. The first-order valence-corrected chi connectivity index (χ1v) is 6.70. The Labute approximate surface area is 104 Å². The summed E-state index contributed by atoms with van der Waals surface area (Å²) in [6.07, 6.45) is 9.80. The minimum atomic E-state index is -0.142. The normalized spacial score (nSPS) is 20.1. The van der Waals surface area contributed by atoms with Gasteiger partial charge < -0.3 is 0 Å². The van der Waals surface area contributed by atoms with Gasteiger partial charge in [-0.1, -0.05) is 37.1 Å². The van der Waals surface area contributed by atoms with Gasteiger partial charge in [0.2, 0.25) is 0 Å². The van der Waals surface area contributed by atoms with Gasteiger partial charge in [-0.05, 0) is 55.7 Å². The molecular weight excluding hydrogens is 211 g/mol. The van der Waals surface area contributed by atoms with Crippen LogP contribution in [0, 0.1) is 11.7 Å². The van der Waals surface area contributed by atoms with Crippen molar-refractivity contribution < 1.29 is 4.39 Å². The van der Waals surface area contributed by atoms with E-state index in [1.165, 1.54) is 31.2 Å². The van der Waals surface area contributed by atoms with Crippen LogP contribution in [-0.4, -0.2) is 0 Å². The Hall–Kier alpha value is -1.11. The second kappa shape index (κ2) is 6.00. The fourth-order valence-electron chi connectivity index (χ4n) is 2.50. The van der Waals surface area contributed by atoms with Crippen molar-refractivity contribution in [3.63, 3.8) is 0 Å². The number of aryl methyl sites for hydroxylation is 1. The van der Waals surface area contributed by atoms with E-state index in [1.807, 2.05) is 12.1 Å². The molecule has 1 aromatic rings. The molecule has 17 heavy (non-hydrogen) atoms. The van der Waals surface area contributed by atoms with Crippen LogP contribution in [0.1, 0.15) is 44.6 Å². The second-order valence-electron chi connectivity index (χ2n) is 5.04. The molecule has 1 aliphatic rings. The number of rotatable bonds is 4. The van der Waals surface area contributed by atoms with Gasteiger partial charge in [0.05, 0.1) is 0 Å². The van der Waals surface area contributed by atoms with Crippen LogP contribution in [0.2, 0.25) is 0 Å². The molecule has 0 fully saturated rings. The van der Waals surface area contributed by atoms with Gasteiger partial charge >= 0.3 is 0 Å². The molecule has 0 aromatic heterocycles. The Bertz CT molecular complexity index is 375. The van der Waals surface area contributed by atoms with Crippen LogP contribution in [0.25, 0.3) is 0 Å². The van der Waals surface area contributed by atoms with Crippen LogP contribution in [0.15, 0.2) is 35.9 Å². The van der Waals surface area contributed by atoms with Crippen molar-refractivity contribution in [1.29, 1.82) is 0 Å². The van der Waals surface area contributed by atoms with Gasteiger partial charge in [-0.3, -0.25) is 0 Å². The summed E-state index contributed by atoms with van der Waals surface area (Å²) in [5, 5.41) is 0. The average molecular weight is 232 g/mol.